The molecule has 3 N–H and O–H groups in total. The summed E-state index contributed by atoms with van der Waals surface area (Å²) in [5.74, 6) is -2.12. The van der Waals surface area contributed by atoms with E-state index in [-0.39, 0.29) is 25.0 Å². The van der Waals surface area contributed by atoms with Gasteiger partial charge in [0, 0.05) is 19.0 Å². The van der Waals surface area contributed by atoms with Crippen molar-refractivity contribution in [2.75, 3.05) is 31.6 Å². The van der Waals surface area contributed by atoms with Crippen molar-refractivity contribution in [1.82, 2.24) is 15.0 Å². The number of nitrogens with one attached hydrogen (secondary N) is 1. The Morgan fingerprint density at radius 2 is 1.79 bits per heavy atom. The summed E-state index contributed by atoms with van der Waals surface area (Å²) in [6.07, 6.45) is 2.28. The summed E-state index contributed by atoms with van der Waals surface area (Å²) in [6, 6.07) is 6.84. The lowest BCUT2D eigenvalue weighted by Crippen LogP contribution is -2.48. The van der Waals surface area contributed by atoms with Crippen LogP contribution >= 0.6 is 0 Å². The van der Waals surface area contributed by atoms with Crippen molar-refractivity contribution in [3.63, 3.8) is 0 Å². The average molecular weight is 460 g/mol. The Kier molecular flexibility index (Phi) is 7.72. The van der Waals surface area contributed by atoms with E-state index in [0.29, 0.717) is 36.1 Å². The fourth-order valence-electron chi connectivity index (χ4n) is 3.15. The molecular formula is C21H24N4O8. The van der Waals surface area contributed by atoms with E-state index >= 15 is 0 Å². The number of carboxylic acid groups (broad SMARTS) is 2. The molecule has 0 atom stereocenters. The number of amides is 1. The maximum Gasteiger partial charge on any atom is 0.414 e. The predicted molar refractivity (Wildman–Crippen MR) is 112 cm³/mol. The van der Waals surface area contributed by atoms with Gasteiger partial charge in [-0.3, -0.25) is 9.69 Å². The van der Waals surface area contributed by atoms with Crippen LogP contribution < -0.4 is 5.32 Å². The van der Waals surface area contributed by atoms with E-state index in [1.165, 1.54) is 0 Å². The lowest BCUT2D eigenvalue weighted by molar-refractivity contribution is -0.159. The molecular weight excluding hydrogens is 436 g/mol. The highest BCUT2D eigenvalue weighted by Gasteiger charge is 2.36. The maximum absolute atomic E-state index is 12.3. The number of esters is 1. The van der Waals surface area contributed by atoms with E-state index in [2.05, 4.69) is 15.5 Å². The van der Waals surface area contributed by atoms with Crippen LogP contribution in [0.4, 0.5) is 5.69 Å². The third-order valence-electron chi connectivity index (χ3n) is 4.95. The Labute approximate surface area is 188 Å². The number of carboxylic acids is 2. The number of anilines is 1. The lowest BCUT2D eigenvalue weighted by Gasteiger charge is -2.36. The van der Waals surface area contributed by atoms with Gasteiger partial charge in [-0.1, -0.05) is 17.3 Å². The molecule has 176 valence electrons. The smallest absolute Gasteiger partial charge is 0.414 e. The maximum atomic E-state index is 12.3. The number of benzene rings is 1. The molecule has 0 radical (unpaired) electrons. The van der Waals surface area contributed by atoms with Crippen molar-refractivity contribution in [3.05, 3.63) is 41.5 Å². The van der Waals surface area contributed by atoms with Crippen LogP contribution in [0.15, 0.2) is 28.8 Å². The molecule has 1 saturated carbocycles. The average Bonchev–Trinajstić information content (AvgIpc) is 3.49. The van der Waals surface area contributed by atoms with Crippen LogP contribution in [-0.2, 0) is 19.1 Å². The van der Waals surface area contributed by atoms with Crippen molar-refractivity contribution in [1.29, 1.82) is 0 Å². The van der Waals surface area contributed by atoms with Gasteiger partial charge in [-0.2, -0.15) is 4.98 Å². The Balaban J connectivity index is 0.000000454. The number of hydrogen-bond donors (Lipinski definition) is 3. The molecule has 1 aromatic carbocycles. The first-order valence-electron chi connectivity index (χ1n) is 10.4. The van der Waals surface area contributed by atoms with Crippen molar-refractivity contribution >= 4 is 29.5 Å². The molecule has 12 nitrogen and oxygen atoms in total. The van der Waals surface area contributed by atoms with E-state index in [0.717, 1.165) is 18.7 Å². The van der Waals surface area contributed by atoms with Crippen LogP contribution in [0.25, 0.3) is 0 Å². The molecule has 1 aliphatic heterocycles. The van der Waals surface area contributed by atoms with Crippen LogP contribution in [0.5, 0.6) is 0 Å². The van der Waals surface area contributed by atoms with E-state index in [9.17, 15) is 9.59 Å². The second-order valence-corrected chi connectivity index (χ2v) is 7.58. The number of rotatable bonds is 7. The summed E-state index contributed by atoms with van der Waals surface area (Å²) in [5.41, 5.74) is 0.816. The lowest BCUT2D eigenvalue weighted by atomic mass is 10.0. The second-order valence-electron chi connectivity index (χ2n) is 7.58. The van der Waals surface area contributed by atoms with Gasteiger partial charge in [-0.05, 0) is 31.9 Å². The Bertz CT molecular complexity index is 1010. The number of ether oxygens (including phenoxy) is 1. The fraction of sp³-hybridized carbons (Fsp3) is 0.429. The molecule has 12 heteroatoms. The molecule has 1 amide bonds. The molecule has 0 bridgehead atoms. The SMILES string of the molecule is CCOC(=O)c1ccccc1NC(=O)CN1CC(c2nc(C3CC3)no2)C1.O=C(O)C(=O)O. The van der Waals surface area contributed by atoms with Gasteiger partial charge in [0.2, 0.25) is 11.8 Å². The first-order valence-corrected chi connectivity index (χ1v) is 10.4. The van der Waals surface area contributed by atoms with Gasteiger partial charge in [-0.15, -0.1) is 0 Å². The van der Waals surface area contributed by atoms with Crippen LogP contribution in [0.2, 0.25) is 0 Å². The third-order valence-corrected chi connectivity index (χ3v) is 4.95. The van der Waals surface area contributed by atoms with Gasteiger partial charge in [0.25, 0.3) is 0 Å². The minimum atomic E-state index is -1.82. The summed E-state index contributed by atoms with van der Waals surface area (Å²) in [6.45, 7) is 3.70. The molecule has 0 unspecified atom stereocenters. The summed E-state index contributed by atoms with van der Waals surface area (Å²) in [7, 11) is 0. The number of nitrogens with zero attached hydrogens (tertiary/aromatic N) is 3. The van der Waals surface area contributed by atoms with Crippen molar-refractivity contribution in [3.8, 4) is 0 Å². The van der Waals surface area contributed by atoms with Crippen LogP contribution in [0, 0.1) is 0 Å². The molecule has 2 aliphatic rings. The molecule has 1 saturated heterocycles. The topological polar surface area (TPSA) is 172 Å². The van der Waals surface area contributed by atoms with Gasteiger partial charge >= 0.3 is 17.9 Å². The van der Waals surface area contributed by atoms with Gasteiger partial charge in [-0.25, -0.2) is 14.4 Å². The van der Waals surface area contributed by atoms with Gasteiger partial charge < -0.3 is 24.8 Å². The first-order chi connectivity index (χ1) is 15.8. The van der Waals surface area contributed by atoms with Crippen molar-refractivity contribution in [2.24, 2.45) is 0 Å². The van der Waals surface area contributed by atoms with Gasteiger partial charge in [0.05, 0.1) is 30.3 Å². The monoisotopic (exact) mass is 460 g/mol. The summed E-state index contributed by atoms with van der Waals surface area (Å²) >= 11 is 0. The number of hydrogen-bond acceptors (Lipinski definition) is 9. The molecule has 2 heterocycles. The molecule has 1 aliphatic carbocycles. The third kappa shape index (κ3) is 6.59. The van der Waals surface area contributed by atoms with Gasteiger partial charge in [0.15, 0.2) is 5.82 Å². The summed E-state index contributed by atoms with van der Waals surface area (Å²) in [4.78, 5) is 49.0. The number of carbonyl (C=O) groups excluding carboxylic acids is 2. The standard InChI is InChI=1S/C19H22N4O4.C2H2O4/c1-2-26-19(25)14-5-3-4-6-15(14)20-16(24)11-23-9-13(10-23)18-21-17(22-27-18)12-7-8-12;3-1(4)2(5)6/h3-6,12-13H,2,7-11H2,1H3,(H,20,24);(H,3,4)(H,5,6). The van der Waals surface area contributed by atoms with E-state index in [4.69, 9.17) is 29.1 Å². The zero-order valence-electron chi connectivity index (χ0n) is 17.9. The molecule has 2 fully saturated rings. The number of aliphatic carboxylic acids is 2. The van der Waals surface area contributed by atoms with Crippen LogP contribution in [-0.4, -0.2) is 75.3 Å². The largest absolute Gasteiger partial charge is 0.473 e. The minimum absolute atomic E-state index is 0.172. The first kappa shape index (κ1) is 23.9. The Hall–Kier alpha value is -3.80. The Morgan fingerprint density at radius 3 is 2.39 bits per heavy atom. The highest BCUT2D eigenvalue weighted by molar-refractivity contribution is 6.27. The fourth-order valence-corrected chi connectivity index (χ4v) is 3.15. The summed E-state index contributed by atoms with van der Waals surface area (Å²) in [5, 5.41) is 21.6. The van der Waals surface area contributed by atoms with Crippen molar-refractivity contribution < 1.29 is 38.7 Å². The second kappa shape index (κ2) is 10.7. The molecule has 33 heavy (non-hydrogen) atoms. The van der Waals surface area contributed by atoms with E-state index < -0.39 is 17.9 Å². The normalized spacial score (nSPS) is 15.5. The van der Waals surface area contributed by atoms with Crippen LogP contribution in [0.3, 0.4) is 0 Å². The molecule has 1 aromatic heterocycles. The number of para-hydroxylation sites is 1. The van der Waals surface area contributed by atoms with Gasteiger partial charge in [0.1, 0.15) is 0 Å². The Morgan fingerprint density at radius 1 is 1.12 bits per heavy atom. The zero-order chi connectivity index (χ0) is 24.0. The molecule has 2 aromatic rings. The quantitative estimate of drug-likeness (QED) is 0.402. The van der Waals surface area contributed by atoms with Crippen LogP contribution in [0.1, 0.15) is 53.7 Å². The zero-order valence-corrected chi connectivity index (χ0v) is 17.9. The number of aromatic nitrogens is 2. The molecule has 0 spiro atoms. The minimum Gasteiger partial charge on any atom is -0.473 e. The predicted octanol–water partition coefficient (Wildman–Crippen LogP) is 1.32. The number of likely N-dealkylation sites (tertiary alicyclic amines) is 1. The van der Waals surface area contributed by atoms with E-state index in [1.54, 1.807) is 31.2 Å². The highest BCUT2D eigenvalue weighted by atomic mass is 16.5. The molecule has 4 rings (SSSR count). The number of carbonyl (C=O) groups is 4. The van der Waals surface area contributed by atoms with E-state index in [1.807, 2.05) is 4.90 Å². The highest BCUT2D eigenvalue weighted by Crippen LogP contribution is 2.39. The van der Waals surface area contributed by atoms with Crippen molar-refractivity contribution in [2.45, 2.75) is 31.6 Å². The summed E-state index contributed by atoms with van der Waals surface area (Å²) < 4.78 is 10.4.